The predicted molar refractivity (Wildman–Crippen MR) is 72.2 cm³/mol. The highest BCUT2D eigenvalue weighted by Crippen LogP contribution is 2.01. The zero-order valence-electron chi connectivity index (χ0n) is 10.9. The number of methoxy groups -OCH3 is 1. The third-order valence-corrected chi connectivity index (χ3v) is 2.82. The highest BCUT2D eigenvalue weighted by Gasteiger charge is 2.10. The molecule has 1 atom stereocenters. The monoisotopic (exact) mass is 250 g/mol. The van der Waals surface area contributed by atoms with Gasteiger partial charge in [0.25, 0.3) is 0 Å². The fourth-order valence-electron chi connectivity index (χ4n) is 1.71. The number of carbonyl (C=O) groups excluding carboxylic acids is 1. The van der Waals surface area contributed by atoms with Gasteiger partial charge >= 0.3 is 0 Å². The second-order valence-electron chi connectivity index (χ2n) is 4.24. The summed E-state index contributed by atoms with van der Waals surface area (Å²) in [5, 5.41) is 2.88. The van der Waals surface area contributed by atoms with Crippen LogP contribution in [-0.2, 0) is 16.0 Å². The van der Waals surface area contributed by atoms with E-state index >= 15 is 0 Å². The average molecular weight is 250 g/mol. The molecule has 3 N–H and O–H groups in total. The number of hydrogen-bond acceptors (Lipinski definition) is 3. The fourth-order valence-corrected chi connectivity index (χ4v) is 1.71. The largest absolute Gasteiger partial charge is 0.380 e. The van der Waals surface area contributed by atoms with Crippen molar-refractivity contribution < 1.29 is 9.53 Å². The Morgan fingerprint density at radius 2 is 2.11 bits per heavy atom. The first-order chi connectivity index (χ1) is 8.76. The van der Waals surface area contributed by atoms with Crippen LogP contribution in [0.2, 0.25) is 0 Å². The van der Waals surface area contributed by atoms with Crippen LogP contribution in [0.3, 0.4) is 0 Å². The van der Waals surface area contributed by atoms with E-state index in [1.165, 1.54) is 5.56 Å². The van der Waals surface area contributed by atoms with Gasteiger partial charge in [0.15, 0.2) is 0 Å². The van der Waals surface area contributed by atoms with Gasteiger partial charge in [-0.1, -0.05) is 30.3 Å². The second kappa shape index (κ2) is 8.66. The van der Waals surface area contributed by atoms with Crippen molar-refractivity contribution in [3.63, 3.8) is 0 Å². The quantitative estimate of drug-likeness (QED) is 0.679. The first-order valence-electron chi connectivity index (χ1n) is 6.29. The number of aryl methyl sites for hydroxylation is 1. The fraction of sp³-hybridized carbons (Fsp3) is 0.500. The van der Waals surface area contributed by atoms with E-state index in [4.69, 9.17) is 10.5 Å². The van der Waals surface area contributed by atoms with Crippen LogP contribution in [-0.4, -0.2) is 32.2 Å². The van der Waals surface area contributed by atoms with Crippen molar-refractivity contribution in [1.29, 1.82) is 0 Å². The molecular formula is C14H22N2O2. The van der Waals surface area contributed by atoms with Gasteiger partial charge in [-0.3, -0.25) is 4.79 Å². The molecule has 1 aromatic carbocycles. The summed E-state index contributed by atoms with van der Waals surface area (Å²) in [5.41, 5.74) is 6.75. The molecule has 0 radical (unpaired) electrons. The number of benzene rings is 1. The number of amides is 1. The number of hydrogen-bond donors (Lipinski definition) is 2. The van der Waals surface area contributed by atoms with Crippen molar-refractivity contribution in [2.45, 2.75) is 25.4 Å². The molecule has 0 fully saturated rings. The zero-order chi connectivity index (χ0) is 13.2. The Morgan fingerprint density at radius 3 is 2.72 bits per heavy atom. The molecule has 4 heteroatoms. The maximum Gasteiger partial charge on any atom is 0.222 e. The summed E-state index contributed by atoms with van der Waals surface area (Å²) in [5.74, 6) is 0.000335. The van der Waals surface area contributed by atoms with E-state index in [1.54, 1.807) is 7.11 Å². The minimum Gasteiger partial charge on any atom is -0.380 e. The van der Waals surface area contributed by atoms with Gasteiger partial charge in [0.05, 0.1) is 12.5 Å². The Balaban J connectivity index is 2.12. The molecule has 0 heterocycles. The van der Waals surface area contributed by atoms with Gasteiger partial charge in [0, 0.05) is 20.2 Å². The molecule has 1 unspecified atom stereocenters. The predicted octanol–water partition coefficient (Wildman–Crippen LogP) is 1.10. The molecule has 1 rings (SSSR count). The zero-order valence-corrected chi connectivity index (χ0v) is 10.9. The first kappa shape index (κ1) is 14.7. The molecule has 18 heavy (non-hydrogen) atoms. The van der Waals surface area contributed by atoms with E-state index in [0.29, 0.717) is 19.5 Å². The Labute approximate surface area is 109 Å². The van der Waals surface area contributed by atoms with Gasteiger partial charge in [-0.05, 0) is 18.4 Å². The van der Waals surface area contributed by atoms with Crippen LogP contribution in [0.1, 0.15) is 18.4 Å². The topological polar surface area (TPSA) is 64.3 Å². The summed E-state index contributed by atoms with van der Waals surface area (Å²) in [6.45, 7) is 1.06. The molecule has 0 bridgehead atoms. The standard InChI is InChI=1S/C14H22N2O2/c1-18-13(11-15)10-14(17)16-9-5-8-12-6-3-2-4-7-12/h2-4,6-7,13H,5,8-11,15H2,1H3,(H,16,17). The summed E-state index contributed by atoms with van der Waals surface area (Å²) in [7, 11) is 1.57. The molecule has 4 nitrogen and oxygen atoms in total. The van der Waals surface area contributed by atoms with E-state index in [9.17, 15) is 4.79 Å². The lowest BCUT2D eigenvalue weighted by molar-refractivity contribution is -0.123. The van der Waals surface area contributed by atoms with Crippen molar-refractivity contribution in [3.8, 4) is 0 Å². The molecule has 0 saturated heterocycles. The number of nitrogens with one attached hydrogen (secondary N) is 1. The Hall–Kier alpha value is -1.39. The van der Waals surface area contributed by atoms with Crippen LogP contribution in [0, 0.1) is 0 Å². The normalized spacial score (nSPS) is 12.1. The van der Waals surface area contributed by atoms with Gasteiger partial charge < -0.3 is 15.8 Å². The van der Waals surface area contributed by atoms with Crippen molar-refractivity contribution in [3.05, 3.63) is 35.9 Å². The smallest absolute Gasteiger partial charge is 0.222 e. The van der Waals surface area contributed by atoms with E-state index in [1.807, 2.05) is 18.2 Å². The maximum absolute atomic E-state index is 11.5. The van der Waals surface area contributed by atoms with Crippen molar-refractivity contribution in [2.75, 3.05) is 20.2 Å². The van der Waals surface area contributed by atoms with Gasteiger partial charge in [-0.2, -0.15) is 0 Å². The van der Waals surface area contributed by atoms with Gasteiger partial charge in [0.2, 0.25) is 5.91 Å². The minimum atomic E-state index is -0.181. The number of carbonyl (C=O) groups is 1. The van der Waals surface area contributed by atoms with E-state index in [-0.39, 0.29) is 12.0 Å². The lowest BCUT2D eigenvalue weighted by atomic mass is 10.1. The van der Waals surface area contributed by atoms with Crippen LogP contribution in [0.15, 0.2) is 30.3 Å². The molecule has 0 saturated carbocycles. The molecule has 0 aromatic heterocycles. The molecule has 0 aliphatic heterocycles. The van der Waals surface area contributed by atoms with Gasteiger partial charge in [0.1, 0.15) is 0 Å². The summed E-state index contributed by atoms with van der Waals surface area (Å²) in [4.78, 5) is 11.5. The summed E-state index contributed by atoms with van der Waals surface area (Å²) < 4.78 is 5.06. The SMILES string of the molecule is COC(CN)CC(=O)NCCCc1ccccc1. The summed E-state index contributed by atoms with van der Waals surface area (Å²) in [6.07, 6.45) is 2.07. The average Bonchev–Trinajstić information content (AvgIpc) is 2.42. The molecule has 0 aliphatic rings. The number of nitrogens with two attached hydrogens (primary N) is 1. The van der Waals surface area contributed by atoms with Crippen molar-refractivity contribution in [2.24, 2.45) is 5.73 Å². The first-order valence-corrected chi connectivity index (χ1v) is 6.29. The Kier molecular flexibility index (Phi) is 7.06. The Bertz CT molecular complexity index is 337. The van der Waals surface area contributed by atoms with Crippen LogP contribution in [0.4, 0.5) is 0 Å². The summed E-state index contributed by atoms with van der Waals surface area (Å²) >= 11 is 0. The Morgan fingerprint density at radius 1 is 1.39 bits per heavy atom. The number of ether oxygens (including phenoxy) is 1. The third-order valence-electron chi connectivity index (χ3n) is 2.82. The van der Waals surface area contributed by atoms with Crippen LogP contribution in [0.25, 0.3) is 0 Å². The lowest BCUT2D eigenvalue weighted by Crippen LogP contribution is -2.32. The van der Waals surface area contributed by atoms with E-state index < -0.39 is 0 Å². The maximum atomic E-state index is 11.5. The van der Waals surface area contributed by atoms with Crippen LogP contribution in [0.5, 0.6) is 0 Å². The third kappa shape index (κ3) is 5.80. The van der Waals surface area contributed by atoms with Crippen LogP contribution >= 0.6 is 0 Å². The molecule has 100 valence electrons. The van der Waals surface area contributed by atoms with E-state index in [0.717, 1.165) is 12.8 Å². The van der Waals surface area contributed by atoms with Crippen LogP contribution < -0.4 is 11.1 Å². The molecule has 1 aromatic rings. The molecule has 1 amide bonds. The molecular weight excluding hydrogens is 228 g/mol. The molecule has 0 spiro atoms. The van der Waals surface area contributed by atoms with Crippen molar-refractivity contribution >= 4 is 5.91 Å². The second-order valence-corrected chi connectivity index (χ2v) is 4.24. The number of rotatable bonds is 8. The van der Waals surface area contributed by atoms with Gasteiger partial charge in [-0.25, -0.2) is 0 Å². The summed E-state index contributed by atoms with van der Waals surface area (Å²) in [6, 6.07) is 10.2. The highest BCUT2D eigenvalue weighted by molar-refractivity contribution is 5.76. The van der Waals surface area contributed by atoms with Crippen molar-refractivity contribution in [1.82, 2.24) is 5.32 Å². The molecule has 0 aliphatic carbocycles. The minimum absolute atomic E-state index is 0.000335. The van der Waals surface area contributed by atoms with E-state index in [2.05, 4.69) is 17.4 Å². The van der Waals surface area contributed by atoms with Gasteiger partial charge in [-0.15, -0.1) is 0 Å². The highest BCUT2D eigenvalue weighted by atomic mass is 16.5. The lowest BCUT2D eigenvalue weighted by Gasteiger charge is -2.12.